The van der Waals surface area contributed by atoms with E-state index >= 15 is 0 Å². The van der Waals surface area contributed by atoms with E-state index in [1.807, 2.05) is 0 Å². The third-order valence-electron chi connectivity index (χ3n) is 3.67. The first kappa shape index (κ1) is 15.8. The number of methoxy groups -OCH3 is 1. The Kier molecular flexibility index (Phi) is 4.98. The van der Waals surface area contributed by atoms with Gasteiger partial charge in [0.15, 0.2) is 0 Å². The number of nitrogens with one attached hydrogen (secondary N) is 1. The first-order valence-electron chi connectivity index (χ1n) is 6.99. The molecule has 0 bridgehead atoms. The van der Waals surface area contributed by atoms with Crippen molar-refractivity contribution in [2.24, 2.45) is 0 Å². The van der Waals surface area contributed by atoms with Gasteiger partial charge in [0.05, 0.1) is 18.2 Å². The number of aromatic carboxylic acids is 1. The van der Waals surface area contributed by atoms with Crippen molar-refractivity contribution >= 4 is 18.0 Å². The number of rotatable bonds is 3. The summed E-state index contributed by atoms with van der Waals surface area (Å²) in [5.41, 5.74) is 0.123. The fourth-order valence-electron chi connectivity index (χ4n) is 2.47. The average molecular weight is 306 g/mol. The Balaban J connectivity index is 1.97. The third kappa shape index (κ3) is 3.55. The second-order valence-electron chi connectivity index (χ2n) is 5.06. The highest BCUT2D eigenvalue weighted by atomic mass is 16.5. The minimum Gasteiger partial charge on any atom is -0.478 e. The van der Waals surface area contributed by atoms with E-state index in [0.717, 1.165) is 0 Å². The highest BCUT2D eigenvalue weighted by molar-refractivity contribution is 6.04. The van der Waals surface area contributed by atoms with Gasteiger partial charge >= 0.3 is 12.1 Å². The largest absolute Gasteiger partial charge is 0.478 e. The first-order chi connectivity index (χ1) is 10.5. The maximum absolute atomic E-state index is 12.2. The van der Waals surface area contributed by atoms with Gasteiger partial charge in [-0.15, -0.1) is 0 Å². The average Bonchev–Trinajstić information content (AvgIpc) is 2.54. The van der Waals surface area contributed by atoms with Crippen molar-refractivity contribution in [2.75, 3.05) is 20.2 Å². The van der Waals surface area contributed by atoms with Crippen LogP contribution < -0.4 is 5.32 Å². The van der Waals surface area contributed by atoms with E-state index in [1.165, 1.54) is 19.2 Å². The van der Waals surface area contributed by atoms with Crippen LogP contribution in [0.4, 0.5) is 4.79 Å². The summed E-state index contributed by atoms with van der Waals surface area (Å²) >= 11 is 0. The summed E-state index contributed by atoms with van der Waals surface area (Å²) in [5.74, 6) is -1.54. The zero-order valence-electron chi connectivity index (χ0n) is 12.2. The number of piperidine rings is 1. The molecule has 2 N–H and O–H groups in total. The van der Waals surface area contributed by atoms with Crippen LogP contribution in [-0.2, 0) is 4.74 Å². The molecule has 7 nitrogen and oxygen atoms in total. The van der Waals surface area contributed by atoms with E-state index in [0.29, 0.717) is 25.9 Å². The molecule has 0 aliphatic carbocycles. The Morgan fingerprint density at radius 1 is 1.18 bits per heavy atom. The molecule has 0 saturated carbocycles. The topological polar surface area (TPSA) is 95.9 Å². The van der Waals surface area contributed by atoms with Crippen molar-refractivity contribution in [3.8, 4) is 0 Å². The van der Waals surface area contributed by atoms with Gasteiger partial charge in [-0.2, -0.15) is 0 Å². The number of carboxylic acid groups (broad SMARTS) is 1. The molecule has 2 amide bonds. The van der Waals surface area contributed by atoms with E-state index in [-0.39, 0.29) is 23.3 Å². The van der Waals surface area contributed by atoms with E-state index in [9.17, 15) is 14.4 Å². The van der Waals surface area contributed by atoms with Gasteiger partial charge in [0.2, 0.25) is 0 Å². The van der Waals surface area contributed by atoms with Gasteiger partial charge < -0.3 is 20.1 Å². The summed E-state index contributed by atoms with van der Waals surface area (Å²) in [5, 5.41) is 11.9. The number of carbonyl (C=O) groups is 3. The summed E-state index contributed by atoms with van der Waals surface area (Å²) < 4.78 is 4.65. The lowest BCUT2D eigenvalue weighted by Crippen LogP contribution is -2.46. The molecule has 0 unspecified atom stereocenters. The smallest absolute Gasteiger partial charge is 0.409 e. The molecule has 22 heavy (non-hydrogen) atoms. The predicted octanol–water partition coefficient (Wildman–Crippen LogP) is 1.35. The fourth-order valence-corrected chi connectivity index (χ4v) is 2.47. The molecule has 1 aromatic carbocycles. The molecular weight excluding hydrogens is 288 g/mol. The zero-order chi connectivity index (χ0) is 16.1. The number of nitrogens with zero attached hydrogens (tertiary/aromatic N) is 1. The van der Waals surface area contributed by atoms with Gasteiger partial charge in [0.1, 0.15) is 0 Å². The van der Waals surface area contributed by atoms with Crippen LogP contribution >= 0.6 is 0 Å². The van der Waals surface area contributed by atoms with Crippen LogP contribution in [0.1, 0.15) is 33.6 Å². The lowest BCUT2D eigenvalue weighted by molar-refractivity contribution is 0.0688. The Labute approximate surface area is 127 Å². The highest BCUT2D eigenvalue weighted by Crippen LogP contribution is 2.14. The molecule has 1 fully saturated rings. The van der Waals surface area contributed by atoms with E-state index in [2.05, 4.69) is 10.1 Å². The highest BCUT2D eigenvalue weighted by Gasteiger charge is 2.25. The van der Waals surface area contributed by atoms with Crippen molar-refractivity contribution in [3.05, 3.63) is 35.4 Å². The number of hydrogen-bond acceptors (Lipinski definition) is 4. The van der Waals surface area contributed by atoms with Crippen LogP contribution in [-0.4, -0.2) is 54.2 Å². The van der Waals surface area contributed by atoms with Crippen LogP contribution in [0, 0.1) is 0 Å². The summed E-state index contributed by atoms with van der Waals surface area (Å²) in [4.78, 5) is 36.3. The molecule has 0 atom stereocenters. The number of likely N-dealkylation sites (tertiary alicyclic amines) is 1. The van der Waals surface area contributed by atoms with Crippen LogP contribution in [0.3, 0.4) is 0 Å². The third-order valence-corrected chi connectivity index (χ3v) is 3.67. The van der Waals surface area contributed by atoms with Gasteiger partial charge in [-0.3, -0.25) is 4.79 Å². The van der Waals surface area contributed by atoms with Crippen molar-refractivity contribution < 1.29 is 24.2 Å². The molecule has 0 radical (unpaired) electrons. The maximum atomic E-state index is 12.2. The number of hydrogen-bond donors (Lipinski definition) is 2. The summed E-state index contributed by atoms with van der Waals surface area (Å²) in [7, 11) is 1.33. The normalized spacial score (nSPS) is 15.2. The second-order valence-corrected chi connectivity index (χ2v) is 5.06. The fraction of sp³-hybridized carbons (Fsp3) is 0.400. The summed E-state index contributed by atoms with van der Waals surface area (Å²) in [6, 6.07) is 6.01. The van der Waals surface area contributed by atoms with Crippen molar-refractivity contribution in [2.45, 2.75) is 18.9 Å². The van der Waals surface area contributed by atoms with Crippen molar-refractivity contribution in [3.63, 3.8) is 0 Å². The van der Waals surface area contributed by atoms with E-state index in [1.54, 1.807) is 17.0 Å². The standard InChI is InChI=1S/C15H18N2O5/c1-22-15(21)17-8-6-10(7-9-17)16-13(18)11-4-2-3-5-12(11)14(19)20/h2-5,10H,6-9H2,1H3,(H,16,18)(H,19,20). The van der Waals surface area contributed by atoms with E-state index < -0.39 is 11.9 Å². The molecule has 7 heteroatoms. The molecule has 1 aliphatic heterocycles. The molecule has 0 aromatic heterocycles. The minimum absolute atomic E-state index is 0.0213. The molecule has 1 aromatic rings. The van der Waals surface area contributed by atoms with Crippen molar-refractivity contribution in [1.29, 1.82) is 0 Å². The van der Waals surface area contributed by atoms with Crippen LogP contribution in [0.15, 0.2) is 24.3 Å². The Morgan fingerprint density at radius 3 is 2.32 bits per heavy atom. The van der Waals surface area contributed by atoms with Gasteiger partial charge in [-0.1, -0.05) is 12.1 Å². The number of amides is 2. The molecule has 1 saturated heterocycles. The quantitative estimate of drug-likeness (QED) is 0.878. The maximum Gasteiger partial charge on any atom is 0.409 e. The molecule has 2 rings (SSSR count). The van der Waals surface area contributed by atoms with Gasteiger partial charge in [0, 0.05) is 19.1 Å². The van der Waals surface area contributed by atoms with Gasteiger partial charge in [-0.05, 0) is 25.0 Å². The Hall–Kier alpha value is -2.57. The van der Waals surface area contributed by atoms with Crippen LogP contribution in [0.25, 0.3) is 0 Å². The number of benzene rings is 1. The van der Waals surface area contributed by atoms with Gasteiger partial charge in [0.25, 0.3) is 5.91 Å². The Morgan fingerprint density at radius 2 is 1.77 bits per heavy atom. The van der Waals surface area contributed by atoms with E-state index in [4.69, 9.17) is 5.11 Å². The zero-order valence-corrected chi connectivity index (χ0v) is 12.2. The molecule has 1 heterocycles. The SMILES string of the molecule is COC(=O)N1CCC(NC(=O)c2ccccc2C(=O)O)CC1. The molecule has 0 spiro atoms. The first-order valence-corrected chi connectivity index (χ1v) is 6.99. The summed E-state index contributed by atoms with van der Waals surface area (Å²) in [6.07, 6.45) is 0.840. The minimum atomic E-state index is -1.13. The second kappa shape index (κ2) is 6.93. The molecule has 1 aliphatic rings. The lowest BCUT2D eigenvalue weighted by atomic mass is 10.0. The van der Waals surface area contributed by atoms with Gasteiger partial charge in [-0.25, -0.2) is 9.59 Å². The number of ether oxygens (including phenoxy) is 1. The number of carboxylic acids is 1. The molecule has 118 valence electrons. The monoisotopic (exact) mass is 306 g/mol. The lowest BCUT2D eigenvalue weighted by Gasteiger charge is -2.31. The summed E-state index contributed by atoms with van der Waals surface area (Å²) in [6.45, 7) is 0.996. The van der Waals surface area contributed by atoms with Crippen LogP contribution in [0.5, 0.6) is 0 Å². The van der Waals surface area contributed by atoms with Crippen LogP contribution in [0.2, 0.25) is 0 Å². The number of carbonyl (C=O) groups excluding carboxylic acids is 2. The Bertz CT molecular complexity index is 579. The van der Waals surface area contributed by atoms with Crippen molar-refractivity contribution in [1.82, 2.24) is 10.2 Å². The molecular formula is C15H18N2O5. The predicted molar refractivity (Wildman–Crippen MR) is 77.9 cm³/mol.